The number of carbonyl (C=O) groups is 1. The summed E-state index contributed by atoms with van der Waals surface area (Å²) in [4.78, 5) is 21.8. The minimum atomic E-state index is -3.90. The number of piperidine rings is 1. The number of rotatable bonds is 6. The Morgan fingerprint density at radius 1 is 0.925 bits per heavy atom. The number of hydrogen-bond acceptors (Lipinski definition) is 5. The lowest BCUT2D eigenvalue weighted by Gasteiger charge is -2.36. The molecule has 3 aliphatic heterocycles. The molecule has 7 nitrogen and oxygen atoms in total. The van der Waals surface area contributed by atoms with E-state index in [0.717, 1.165) is 30.8 Å². The molecule has 3 aliphatic rings. The van der Waals surface area contributed by atoms with Gasteiger partial charge in [-0.2, -0.15) is 0 Å². The van der Waals surface area contributed by atoms with Crippen LogP contribution in [0, 0.1) is 17.6 Å². The number of halogens is 2. The van der Waals surface area contributed by atoms with Crippen LogP contribution in [0.5, 0.6) is 0 Å². The van der Waals surface area contributed by atoms with E-state index in [2.05, 4.69) is 14.6 Å². The quantitative estimate of drug-likeness (QED) is 0.356. The van der Waals surface area contributed by atoms with Crippen molar-refractivity contribution in [3.8, 4) is 0 Å². The minimum absolute atomic E-state index is 0.0799. The van der Waals surface area contributed by atoms with Gasteiger partial charge in [-0.25, -0.2) is 17.2 Å². The van der Waals surface area contributed by atoms with Gasteiger partial charge in [0.05, 0.1) is 5.52 Å². The Kier molecular flexibility index (Phi) is 6.97. The lowest BCUT2D eigenvalue weighted by Crippen LogP contribution is -2.43. The number of amides is 1. The number of benzene rings is 3. The van der Waals surface area contributed by atoms with Gasteiger partial charge in [0.25, 0.3) is 15.9 Å². The summed E-state index contributed by atoms with van der Waals surface area (Å²) in [6.45, 7) is 2.32. The molecule has 2 unspecified atom stereocenters. The fraction of sp³-hybridized carbons (Fsp3) is 0.267. The van der Waals surface area contributed by atoms with Crippen LogP contribution in [0.3, 0.4) is 0 Å². The van der Waals surface area contributed by atoms with Gasteiger partial charge in [-0.15, -0.1) is 0 Å². The molecule has 3 aromatic carbocycles. The van der Waals surface area contributed by atoms with Gasteiger partial charge >= 0.3 is 0 Å². The SMILES string of the molecule is O=C(c1ccc(NS(=O)(=O)c2cccc3cccnc23)cc1)N1CC2CCC(C1)N(Cc1cc(F)cc(F)c1)C2. The van der Waals surface area contributed by atoms with Crippen molar-refractivity contribution < 1.29 is 22.0 Å². The number of para-hydroxylation sites is 1. The van der Waals surface area contributed by atoms with Crippen molar-refractivity contribution in [1.29, 1.82) is 0 Å². The topological polar surface area (TPSA) is 82.6 Å². The van der Waals surface area contributed by atoms with Crippen LogP contribution in [0.2, 0.25) is 0 Å². The Morgan fingerprint density at radius 2 is 1.68 bits per heavy atom. The van der Waals surface area contributed by atoms with Gasteiger partial charge in [-0.1, -0.05) is 18.2 Å². The summed E-state index contributed by atoms with van der Waals surface area (Å²) in [7, 11) is -3.90. The Hall–Kier alpha value is -3.89. The van der Waals surface area contributed by atoms with Gasteiger partial charge < -0.3 is 4.90 Å². The summed E-state index contributed by atoms with van der Waals surface area (Å²) in [5.74, 6) is -1.04. The molecular formula is C30H28F2N4O3S. The molecule has 0 spiro atoms. The zero-order chi connectivity index (χ0) is 27.9. The average Bonchev–Trinajstić information content (AvgIpc) is 3.24. The molecule has 7 rings (SSSR count). The maximum Gasteiger partial charge on any atom is 0.264 e. The summed E-state index contributed by atoms with van der Waals surface area (Å²) >= 11 is 0. The van der Waals surface area contributed by atoms with Gasteiger partial charge in [-0.3, -0.25) is 19.4 Å². The van der Waals surface area contributed by atoms with Crippen LogP contribution in [0.1, 0.15) is 28.8 Å². The molecule has 3 fully saturated rings. The molecule has 10 heteroatoms. The fourth-order valence-corrected chi connectivity index (χ4v) is 7.08. The Labute approximate surface area is 231 Å². The van der Waals surface area contributed by atoms with Gasteiger partial charge in [-0.05, 0) is 72.9 Å². The van der Waals surface area contributed by atoms with E-state index in [1.807, 2.05) is 4.90 Å². The third-order valence-corrected chi connectivity index (χ3v) is 9.10. The molecule has 1 amide bonds. The predicted molar refractivity (Wildman–Crippen MR) is 148 cm³/mol. The third kappa shape index (κ3) is 5.41. The van der Waals surface area contributed by atoms with E-state index in [4.69, 9.17) is 0 Å². The third-order valence-electron chi connectivity index (χ3n) is 7.69. The van der Waals surface area contributed by atoms with E-state index in [9.17, 15) is 22.0 Å². The first-order chi connectivity index (χ1) is 19.2. The highest BCUT2D eigenvalue weighted by atomic mass is 32.2. The number of aromatic nitrogens is 1. The van der Waals surface area contributed by atoms with Crippen molar-refractivity contribution in [1.82, 2.24) is 14.8 Å². The number of carbonyl (C=O) groups excluding carboxylic acids is 1. The van der Waals surface area contributed by atoms with Crippen molar-refractivity contribution in [2.75, 3.05) is 24.4 Å². The molecule has 1 aromatic heterocycles. The van der Waals surface area contributed by atoms with Gasteiger partial charge in [0.2, 0.25) is 0 Å². The molecule has 4 aromatic rings. The molecule has 2 atom stereocenters. The number of hydrogen-bond donors (Lipinski definition) is 1. The number of nitrogens with one attached hydrogen (secondary N) is 1. The maximum absolute atomic E-state index is 13.7. The van der Waals surface area contributed by atoms with Crippen LogP contribution in [0.25, 0.3) is 10.9 Å². The molecule has 0 aliphatic carbocycles. The first-order valence-electron chi connectivity index (χ1n) is 13.2. The van der Waals surface area contributed by atoms with E-state index in [1.54, 1.807) is 54.7 Å². The number of fused-ring (bicyclic) bond motifs is 5. The number of pyridine rings is 1. The monoisotopic (exact) mass is 562 g/mol. The summed E-state index contributed by atoms with van der Waals surface area (Å²) in [5.41, 5.74) is 1.78. The van der Waals surface area contributed by atoms with E-state index in [0.29, 0.717) is 42.0 Å². The largest absolute Gasteiger partial charge is 0.337 e. The first-order valence-corrected chi connectivity index (χ1v) is 14.7. The van der Waals surface area contributed by atoms with Crippen molar-refractivity contribution in [3.05, 3.63) is 102 Å². The van der Waals surface area contributed by atoms with E-state index < -0.39 is 21.7 Å². The van der Waals surface area contributed by atoms with Crippen molar-refractivity contribution in [2.45, 2.75) is 30.3 Å². The minimum Gasteiger partial charge on any atom is -0.337 e. The number of anilines is 1. The fourth-order valence-electron chi connectivity index (χ4n) is 5.84. The molecule has 1 N–H and O–H groups in total. The Bertz CT molecular complexity index is 1650. The van der Waals surface area contributed by atoms with Gasteiger partial charge in [0.1, 0.15) is 16.5 Å². The lowest BCUT2D eigenvalue weighted by molar-refractivity contribution is 0.0736. The molecule has 3 saturated heterocycles. The lowest BCUT2D eigenvalue weighted by atomic mass is 9.94. The number of sulfonamides is 1. The van der Waals surface area contributed by atoms with E-state index in [1.165, 1.54) is 18.2 Å². The highest BCUT2D eigenvalue weighted by Gasteiger charge is 2.36. The van der Waals surface area contributed by atoms with Crippen LogP contribution in [-0.4, -0.2) is 54.8 Å². The second kappa shape index (κ2) is 10.6. The van der Waals surface area contributed by atoms with Crippen LogP contribution in [0.15, 0.2) is 83.9 Å². The number of nitrogens with zero attached hydrogens (tertiary/aromatic N) is 3. The van der Waals surface area contributed by atoms with Crippen LogP contribution >= 0.6 is 0 Å². The van der Waals surface area contributed by atoms with Crippen molar-refractivity contribution >= 4 is 32.5 Å². The van der Waals surface area contributed by atoms with Crippen LogP contribution in [0.4, 0.5) is 14.5 Å². The summed E-state index contributed by atoms with van der Waals surface area (Å²) in [5, 5.41) is 0.722. The smallest absolute Gasteiger partial charge is 0.264 e. The summed E-state index contributed by atoms with van der Waals surface area (Å²) in [6, 6.07) is 18.6. The molecule has 206 valence electrons. The zero-order valence-corrected chi connectivity index (χ0v) is 22.4. The molecule has 2 bridgehead atoms. The van der Waals surface area contributed by atoms with Crippen LogP contribution < -0.4 is 4.72 Å². The second-order valence-electron chi connectivity index (χ2n) is 10.5. The Balaban J connectivity index is 1.15. The molecule has 40 heavy (non-hydrogen) atoms. The predicted octanol–water partition coefficient (Wildman–Crippen LogP) is 5.05. The Morgan fingerprint density at radius 3 is 2.45 bits per heavy atom. The standard InChI is InChI=1S/C30H28F2N4O3S/c31-24-13-21(14-25(32)15-24)18-35-16-20-6-11-27(35)19-36(17-20)30(37)23-7-9-26(10-8-23)34-40(38,39)28-5-1-3-22-4-2-12-33-29(22)28/h1-5,7-10,12-15,20,27,34H,6,11,16-19H2. The molecule has 0 radical (unpaired) electrons. The second-order valence-corrected chi connectivity index (χ2v) is 12.2. The van der Waals surface area contributed by atoms with Gasteiger partial charge in [0, 0.05) is 61.1 Å². The van der Waals surface area contributed by atoms with E-state index >= 15 is 0 Å². The molecule has 0 saturated carbocycles. The highest BCUT2D eigenvalue weighted by molar-refractivity contribution is 7.93. The normalized spacial score (nSPS) is 19.5. The summed E-state index contributed by atoms with van der Waals surface area (Å²) in [6.07, 6.45) is 3.46. The first kappa shape index (κ1) is 26.3. The van der Waals surface area contributed by atoms with Crippen molar-refractivity contribution in [3.63, 3.8) is 0 Å². The summed E-state index contributed by atoms with van der Waals surface area (Å²) < 4.78 is 56.3. The van der Waals surface area contributed by atoms with E-state index in [-0.39, 0.29) is 22.8 Å². The van der Waals surface area contributed by atoms with Crippen molar-refractivity contribution in [2.24, 2.45) is 5.92 Å². The average molecular weight is 563 g/mol. The highest BCUT2D eigenvalue weighted by Crippen LogP contribution is 2.31. The zero-order valence-electron chi connectivity index (χ0n) is 21.6. The van der Waals surface area contributed by atoms with Crippen LogP contribution in [-0.2, 0) is 16.6 Å². The van der Waals surface area contributed by atoms with Gasteiger partial charge in [0.15, 0.2) is 0 Å². The molecule has 4 heterocycles. The maximum atomic E-state index is 13.7. The molecular weight excluding hydrogens is 534 g/mol.